The largest absolute Gasteiger partial charge is 0.493 e. The van der Waals surface area contributed by atoms with Crippen LogP contribution in [0.15, 0.2) is 24.5 Å². The Hall–Kier alpha value is -2.50. The van der Waals surface area contributed by atoms with E-state index in [-0.39, 0.29) is 0 Å². The summed E-state index contributed by atoms with van der Waals surface area (Å²) in [7, 11) is 4.66. The molecule has 0 radical (unpaired) electrons. The Morgan fingerprint density at radius 2 is 1.58 bits per heavy atom. The maximum Gasteiger partial charge on any atom is 0.203 e. The number of methoxy groups -OCH3 is 3. The van der Waals surface area contributed by atoms with Crippen LogP contribution in [0, 0.1) is 0 Å². The number of rotatable bonds is 4. The van der Waals surface area contributed by atoms with E-state index in [1.807, 2.05) is 0 Å². The number of nitrogens with zero attached hydrogens (tertiary/aromatic N) is 2. The van der Waals surface area contributed by atoms with Crippen LogP contribution in [0.3, 0.4) is 0 Å². The summed E-state index contributed by atoms with van der Waals surface area (Å²) in [4.78, 5) is 8.24. The van der Waals surface area contributed by atoms with E-state index >= 15 is 0 Å². The van der Waals surface area contributed by atoms with Crippen molar-refractivity contribution in [3.8, 4) is 28.5 Å². The molecule has 1 aromatic heterocycles. The average molecular weight is 261 g/mol. The molecule has 19 heavy (non-hydrogen) atoms. The summed E-state index contributed by atoms with van der Waals surface area (Å²) in [5.74, 6) is 1.90. The third kappa shape index (κ3) is 2.24. The van der Waals surface area contributed by atoms with Gasteiger partial charge < -0.3 is 19.9 Å². The Morgan fingerprint density at radius 3 is 2.16 bits per heavy atom. The molecule has 1 aromatic carbocycles. The van der Waals surface area contributed by atoms with Gasteiger partial charge in [-0.1, -0.05) is 0 Å². The number of hydrogen-bond acceptors (Lipinski definition) is 6. The highest BCUT2D eigenvalue weighted by Gasteiger charge is 2.19. The molecule has 0 bridgehead atoms. The molecule has 1 heterocycles. The first-order valence-corrected chi connectivity index (χ1v) is 5.58. The van der Waals surface area contributed by atoms with Crippen LogP contribution in [0.4, 0.5) is 5.82 Å². The molecular weight excluding hydrogens is 246 g/mol. The zero-order valence-electron chi connectivity index (χ0n) is 11.0. The van der Waals surface area contributed by atoms with Crippen LogP contribution in [-0.4, -0.2) is 31.3 Å². The maximum atomic E-state index is 5.84. The second kappa shape index (κ2) is 5.43. The second-order valence-electron chi connectivity index (χ2n) is 3.67. The molecule has 2 aromatic rings. The van der Waals surface area contributed by atoms with Crippen LogP contribution >= 0.6 is 0 Å². The minimum atomic E-state index is 0.327. The smallest absolute Gasteiger partial charge is 0.203 e. The van der Waals surface area contributed by atoms with E-state index < -0.39 is 0 Å². The SMILES string of the molecule is COc1ccc(-c2nccnc2N)c(OC)c1OC. The number of hydrogen-bond donors (Lipinski definition) is 1. The van der Waals surface area contributed by atoms with E-state index in [0.717, 1.165) is 0 Å². The van der Waals surface area contributed by atoms with Crippen LogP contribution in [0.2, 0.25) is 0 Å². The molecule has 100 valence electrons. The molecule has 0 unspecified atom stereocenters. The number of nitrogens with two attached hydrogens (primary N) is 1. The quantitative estimate of drug-likeness (QED) is 0.903. The van der Waals surface area contributed by atoms with Crippen molar-refractivity contribution in [2.24, 2.45) is 0 Å². The Kier molecular flexibility index (Phi) is 3.70. The zero-order chi connectivity index (χ0) is 13.8. The molecule has 0 saturated heterocycles. The molecule has 0 aliphatic rings. The number of nitrogen functional groups attached to an aromatic ring is 1. The standard InChI is InChI=1S/C13H15N3O3/c1-17-9-5-4-8(11(18-2)12(9)19-3)10-13(14)16-7-6-15-10/h4-7H,1-3H3,(H2,14,16). The van der Waals surface area contributed by atoms with Crippen molar-refractivity contribution < 1.29 is 14.2 Å². The third-order valence-electron chi connectivity index (χ3n) is 2.69. The fourth-order valence-electron chi connectivity index (χ4n) is 1.84. The van der Waals surface area contributed by atoms with Crippen LogP contribution < -0.4 is 19.9 Å². The van der Waals surface area contributed by atoms with E-state index in [0.29, 0.717) is 34.3 Å². The summed E-state index contributed by atoms with van der Waals surface area (Å²) >= 11 is 0. The number of aromatic nitrogens is 2. The van der Waals surface area contributed by atoms with Gasteiger partial charge in [-0.25, -0.2) is 4.98 Å². The molecule has 0 aliphatic heterocycles. The van der Waals surface area contributed by atoms with Gasteiger partial charge in [0, 0.05) is 12.4 Å². The lowest BCUT2D eigenvalue weighted by molar-refractivity contribution is 0.325. The van der Waals surface area contributed by atoms with Gasteiger partial charge >= 0.3 is 0 Å². The van der Waals surface area contributed by atoms with Gasteiger partial charge in [0.15, 0.2) is 11.5 Å². The molecule has 0 amide bonds. The van der Waals surface area contributed by atoms with Crippen LogP contribution in [0.5, 0.6) is 17.2 Å². The predicted octanol–water partition coefficient (Wildman–Crippen LogP) is 1.75. The van der Waals surface area contributed by atoms with Crippen LogP contribution in [-0.2, 0) is 0 Å². The average Bonchev–Trinajstić information content (AvgIpc) is 2.46. The van der Waals surface area contributed by atoms with Gasteiger partial charge in [0.2, 0.25) is 5.75 Å². The summed E-state index contributed by atoms with van der Waals surface area (Å²) in [5.41, 5.74) is 7.08. The lowest BCUT2D eigenvalue weighted by atomic mass is 10.1. The van der Waals surface area contributed by atoms with Gasteiger partial charge in [0.25, 0.3) is 0 Å². The highest BCUT2D eigenvalue weighted by molar-refractivity contribution is 5.79. The van der Waals surface area contributed by atoms with E-state index in [1.54, 1.807) is 39.7 Å². The molecular formula is C13H15N3O3. The van der Waals surface area contributed by atoms with Crippen molar-refractivity contribution in [1.29, 1.82) is 0 Å². The molecule has 2 N–H and O–H groups in total. The van der Waals surface area contributed by atoms with E-state index in [9.17, 15) is 0 Å². The summed E-state index contributed by atoms with van der Waals surface area (Å²) in [5, 5.41) is 0. The lowest BCUT2D eigenvalue weighted by Gasteiger charge is -2.15. The highest BCUT2D eigenvalue weighted by atomic mass is 16.5. The second-order valence-corrected chi connectivity index (χ2v) is 3.67. The normalized spacial score (nSPS) is 10.1. The van der Waals surface area contributed by atoms with Gasteiger partial charge in [-0.3, -0.25) is 4.98 Å². The Balaban J connectivity index is 2.68. The molecule has 0 fully saturated rings. The number of anilines is 1. The van der Waals surface area contributed by atoms with Crippen molar-refractivity contribution in [1.82, 2.24) is 9.97 Å². The molecule has 6 heteroatoms. The van der Waals surface area contributed by atoms with E-state index in [4.69, 9.17) is 19.9 Å². The Morgan fingerprint density at radius 1 is 0.895 bits per heavy atom. The first kappa shape index (κ1) is 12.9. The molecule has 0 atom stereocenters. The monoisotopic (exact) mass is 261 g/mol. The van der Waals surface area contributed by atoms with E-state index in [2.05, 4.69) is 9.97 Å². The van der Waals surface area contributed by atoms with Crippen LogP contribution in [0.25, 0.3) is 11.3 Å². The molecule has 0 saturated carbocycles. The minimum Gasteiger partial charge on any atom is -0.493 e. The molecule has 0 spiro atoms. The van der Waals surface area contributed by atoms with Gasteiger partial charge in [0.1, 0.15) is 11.5 Å². The third-order valence-corrected chi connectivity index (χ3v) is 2.69. The highest BCUT2D eigenvalue weighted by Crippen LogP contribution is 2.44. The topological polar surface area (TPSA) is 79.5 Å². The summed E-state index contributed by atoms with van der Waals surface area (Å²) < 4.78 is 15.9. The summed E-state index contributed by atoms with van der Waals surface area (Å²) in [6, 6.07) is 3.57. The fraction of sp³-hybridized carbons (Fsp3) is 0.231. The zero-order valence-corrected chi connectivity index (χ0v) is 11.0. The molecule has 0 aliphatic carbocycles. The Bertz CT molecular complexity index is 587. The van der Waals surface area contributed by atoms with Crippen molar-refractivity contribution in [3.63, 3.8) is 0 Å². The fourth-order valence-corrected chi connectivity index (χ4v) is 1.84. The van der Waals surface area contributed by atoms with Gasteiger partial charge in [-0.05, 0) is 12.1 Å². The number of benzene rings is 1. The molecule has 2 rings (SSSR count). The van der Waals surface area contributed by atoms with Crippen molar-refractivity contribution in [2.45, 2.75) is 0 Å². The molecule has 6 nitrogen and oxygen atoms in total. The predicted molar refractivity (Wildman–Crippen MR) is 71.5 cm³/mol. The van der Waals surface area contributed by atoms with E-state index in [1.165, 1.54) is 6.20 Å². The maximum absolute atomic E-state index is 5.84. The minimum absolute atomic E-state index is 0.327. The first-order chi connectivity index (χ1) is 9.22. The summed E-state index contributed by atoms with van der Waals surface area (Å²) in [6.07, 6.45) is 3.11. The Labute approximate surface area is 111 Å². The van der Waals surface area contributed by atoms with Crippen molar-refractivity contribution >= 4 is 5.82 Å². The van der Waals surface area contributed by atoms with Gasteiger partial charge in [0.05, 0.1) is 26.9 Å². The van der Waals surface area contributed by atoms with Crippen LogP contribution in [0.1, 0.15) is 0 Å². The summed E-state index contributed by atoms with van der Waals surface area (Å²) in [6.45, 7) is 0. The van der Waals surface area contributed by atoms with Crippen molar-refractivity contribution in [2.75, 3.05) is 27.1 Å². The van der Waals surface area contributed by atoms with Gasteiger partial charge in [-0.2, -0.15) is 0 Å². The lowest BCUT2D eigenvalue weighted by Crippen LogP contribution is -2.00. The van der Waals surface area contributed by atoms with Gasteiger partial charge in [-0.15, -0.1) is 0 Å². The van der Waals surface area contributed by atoms with Crippen molar-refractivity contribution in [3.05, 3.63) is 24.5 Å². The number of ether oxygens (including phenoxy) is 3. The first-order valence-electron chi connectivity index (χ1n) is 5.58.